The Bertz CT molecular complexity index is 646. The summed E-state index contributed by atoms with van der Waals surface area (Å²) >= 11 is 0. The average molecular weight is 311 g/mol. The van der Waals surface area contributed by atoms with Crippen molar-refractivity contribution in [1.82, 2.24) is 10.6 Å². The maximum atomic E-state index is 11.5. The molecule has 2 aromatic carbocycles. The second-order valence-electron chi connectivity index (χ2n) is 4.55. The summed E-state index contributed by atoms with van der Waals surface area (Å²) in [6.45, 7) is 0. The maximum Gasteiger partial charge on any atom is 0.658 e. The number of rotatable bonds is 6. The Labute approximate surface area is 135 Å². The van der Waals surface area contributed by atoms with Crippen LogP contribution in [0.15, 0.2) is 48.5 Å². The van der Waals surface area contributed by atoms with Crippen molar-refractivity contribution in [3.8, 4) is 11.5 Å². The largest absolute Gasteiger partial charge is 0.658 e. The van der Waals surface area contributed by atoms with Crippen molar-refractivity contribution in [2.45, 2.75) is 0 Å². The minimum atomic E-state index is -0.199. The Balaban J connectivity index is 1.95. The van der Waals surface area contributed by atoms with Gasteiger partial charge in [-0.1, -0.05) is 12.1 Å². The van der Waals surface area contributed by atoms with E-state index in [1.54, 1.807) is 62.6 Å². The van der Waals surface area contributed by atoms with Gasteiger partial charge in [0.1, 0.15) is 11.5 Å². The normalized spacial score (nSPS) is 9.65. The van der Waals surface area contributed by atoms with Crippen molar-refractivity contribution in [2.75, 3.05) is 14.1 Å². The number of nitrogens with one attached hydrogen (secondary N) is 2. The predicted octanol–water partition coefficient (Wildman–Crippen LogP) is 1.40. The van der Waals surface area contributed by atoms with Crippen LogP contribution < -0.4 is 19.9 Å². The predicted molar refractivity (Wildman–Crippen MR) is 86.7 cm³/mol. The van der Waals surface area contributed by atoms with Crippen LogP contribution in [0.1, 0.15) is 20.7 Å². The Morgan fingerprint density at radius 3 is 1.65 bits per heavy atom. The van der Waals surface area contributed by atoms with Crippen molar-refractivity contribution >= 4 is 19.5 Å². The van der Waals surface area contributed by atoms with E-state index in [9.17, 15) is 9.59 Å². The molecule has 2 N–H and O–H groups in total. The van der Waals surface area contributed by atoms with Crippen molar-refractivity contribution < 1.29 is 18.9 Å². The lowest BCUT2D eigenvalue weighted by Gasteiger charge is -2.08. The highest BCUT2D eigenvalue weighted by atomic mass is 16.6. The van der Waals surface area contributed by atoms with E-state index < -0.39 is 0 Å². The molecule has 2 amide bonds. The molecule has 0 aliphatic heterocycles. The van der Waals surface area contributed by atoms with Crippen LogP contribution in [0, 0.1) is 0 Å². The van der Waals surface area contributed by atoms with Crippen molar-refractivity contribution in [2.24, 2.45) is 0 Å². The fourth-order valence-electron chi connectivity index (χ4n) is 1.85. The van der Waals surface area contributed by atoms with Gasteiger partial charge in [-0.25, -0.2) is 0 Å². The molecular weight excluding hydrogens is 295 g/mol. The monoisotopic (exact) mass is 311 g/mol. The zero-order valence-electron chi connectivity index (χ0n) is 12.8. The van der Waals surface area contributed by atoms with Crippen LogP contribution in [-0.2, 0) is 0 Å². The quantitative estimate of drug-likeness (QED) is 0.791. The SMILES string of the molecule is CNC(=O)c1cccc(O[B]Oc2cccc(C(=O)NC)c2)c1. The third kappa shape index (κ3) is 4.51. The summed E-state index contributed by atoms with van der Waals surface area (Å²) in [4.78, 5) is 23.1. The van der Waals surface area contributed by atoms with Gasteiger partial charge in [0.2, 0.25) is 0 Å². The molecule has 0 fully saturated rings. The van der Waals surface area contributed by atoms with Gasteiger partial charge in [0, 0.05) is 25.2 Å². The van der Waals surface area contributed by atoms with E-state index >= 15 is 0 Å². The van der Waals surface area contributed by atoms with Crippen LogP contribution >= 0.6 is 0 Å². The van der Waals surface area contributed by atoms with Crippen LogP contribution in [-0.4, -0.2) is 33.6 Å². The maximum absolute atomic E-state index is 11.5. The second-order valence-corrected chi connectivity index (χ2v) is 4.55. The first kappa shape index (κ1) is 16.4. The zero-order valence-corrected chi connectivity index (χ0v) is 12.8. The molecule has 2 aromatic rings. The lowest BCUT2D eigenvalue weighted by atomic mass is 10.2. The fourth-order valence-corrected chi connectivity index (χ4v) is 1.85. The van der Waals surface area contributed by atoms with Gasteiger partial charge in [-0.3, -0.25) is 9.59 Å². The standard InChI is InChI=1S/C16H16BN2O4/c1-18-15(20)11-5-3-7-13(9-11)22-17-23-14-8-4-6-12(10-14)16(21)19-2/h3-10H,1-2H3,(H,18,20)(H,19,21). The summed E-state index contributed by atoms with van der Waals surface area (Å²) in [5, 5.41) is 5.08. The number of benzene rings is 2. The minimum Gasteiger partial charge on any atom is -0.526 e. The summed E-state index contributed by atoms with van der Waals surface area (Å²) in [5.74, 6) is 0.534. The van der Waals surface area contributed by atoms with Gasteiger partial charge >= 0.3 is 7.69 Å². The lowest BCUT2D eigenvalue weighted by molar-refractivity contribution is 0.0955. The number of amides is 2. The van der Waals surface area contributed by atoms with Crippen LogP contribution in [0.4, 0.5) is 0 Å². The molecule has 0 aliphatic carbocycles. The van der Waals surface area contributed by atoms with E-state index in [4.69, 9.17) is 9.31 Å². The molecule has 0 aliphatic rings. The molecule has 0 saturated heterocycles. The zero-order chi connectivity index (χ0) is 16.7. The van der Waals surface area contributed by atoms with E-state index in [0.717, 1.165) is 7.69 Å². The summed E-state index contributed by atoms with van der Waals surface area (Å²) in [7, 11) is 4.26. The molecule has 0 aromatic heterocycles. The molecule has 0 unspecified atom stereocenters. The van der Waals surface area contributed by atoms with E-state index in [0.29, 0.717) is 22.6 Å². The van der Waals surface area contributed by atoms with Crippen molar-refractivity contribution in [3.63, 3.8) is 0 Å². The second kappa shape index (κ2) is 7.88. The fraction of sp³-hybridized carbons (Fsp3) is 0.125. The lowest BCUT2D eigenvalue weighted by Crippen LogP contribution is -2.18. The van der Waals surface area contributed by atoms with Gasteiger partial charge in [0.25, 0.3) is 11.8 Å². The highest BCUT2D eigenvalue weighted by Crippen LogP contribution is 2.15. The first-order valence-corrected chi connectivity index (χ1v) is 6.93. The van der Waals surface area contributed by atoms with Crippen molar-refractivity contribution in [1.29, 1.82) is 0 Å². The summed E-state index contributed by atoms with van der Waals surface area (Å²) in [6.07, 6.45) is 0. The molecule has 1 radical (unpaired) electrons. The average Bonchev–Trinajstić information content (AvgIpc) is 2.61. The number of carbonyl (C=O) groups excluding carboxylic acids is 2. The summed E-state index contributed by atoms with van der Waals surface area (Å²) in [6, 6.07) is 13.4. The molecular formula is C16H16BN2O4. The first-order chi connectivity index (χ1) is 11.1. The van der Waals surface area contributed by atoms with Crippen LogP contribution in [0.25, 0.3) is 0 Å². The molecule has 0 atom stereocenters. The highest BCUT2D eigenvalue weighted by molar-refractivity contribution is 6.20. The Hall–Kier alpha value is -2.96. The van der Waals surface area contributed by atoms with Gasteiger partial charge in [-0.15, -0.1) is 0 Å². The molecule has 0 saturated carbocycles. The number of hydrogen-bond acceptors (Lipinski definition) is 4. The van der Waals surface area contributed by atoms with E-state index in [1.165, 1.54) is 0 Å². The number of carbonyl (C=O) groups is 2. The molecule has 2 rings (SSSR count). The minimum absolute atomic E-state index is 0.199. The Morgan fingerprint density at radius 1 is 0.826 bits per heavy atom. The van der Waals surface area contributed by atoms with Gasteiger partial charge in [-0.2, -0.15) is 0 Å². The third-order valence-electron chi connectivity index (χ3n) is 3.01. The van der Waals surface area contributed by atoms with Gasteiger partial charge < -0.3 is 19.9 Å². The molecule has 0 bridgehead atoms. The summed E-state index contributed by atoms with van der Waals surface area (Å²) in [5.41, 5.74) is 0.972. The number of hydrogen-bond donors (Lipinski definition) is 2. The molecule has 7 heteroatoms. The van der Waals surface area contributed by atoms with Crippen LogP contribution in [0.3, 0.4) is 0 Å². The Kier molecular flexibility index (Phi) is 5.63. The molecule has 6 nitrogen and oxygen atoms in total. The van der Waals surface area contributed by atoms with Crippen LogP contribution in [0.2, 0.25) is 0 Å². The topological polar surface area (TPSA) is 76.7 Å². The summed E-state index contributed by atoms with van der Waals surface area (Å²) < 4.78 is 10.7. The Morgan fingerprint density at radius 2 is 1.26 bits per heavy atom. The molecule has 117 valence electrons. The van der Waals surface area contributed by atoms with Gasteiger partial charge in [0.15, 0.2) is 0 Å². The van der Waals surface area contributed by atoms with E-state index in [1.807, 2.05) is 0 Å². The molecule has 0 heterocycles. The van der Waals surface area contributed by atoms with Gasteiger partial charge in [-0.05, 0) is 36.4 Å². The van der Waals surface area contributed by atoms with Crippen LogP contribution in [0.5, 0.6) is 11.5 Å². The highest BCUT2D eigenvalue weighted by Gasteiger charge is 2.08. The third-order valence-corrected chi connectivity index (χ3v) is 3.01. The smallest absolute Gasteiger partial charge is 0.526 e. The van der Waals surface area contributed by atoms with Crippen molar-refractivity contribution in [3.05, 3.63) is 59.7 Å². The van der Waals surface area contributed by atoms with E-state index in [-0.39, 0.29) is 11.8 Å². The van der Waals surface area contributed by atoms with E-state index in [2.05, 4.69) is 10.6 Å². The first-order valence-electron chi connectivity index (χ1n) is 6.93. The molecule has 23 heavy (non-hydrogen) atoms. The molecule has 0 spiro atoms. The van der Waals surface area contributed by atoms with Gasteiger partial charge in [0.05, 0.1) is 0 Å².